The summed E-state index contributed by atoms with van der Waals surface area (Å²) in [6, 6.07) is 5.38. The minimum absolute atomic E-state index is 0.0807. The molecule has 53 valence electrons. The monoisotopic (exact) mass is 158 g/mol. The van der Waals surface area contributed by atoms with E-state index in [0.717, 1.165) is 0 Å². The molecule has 0 unspecified atom stereocenters. The van der Waals surface area contributed by atoms with Crippen molar-refractivity contribution >= 4 is 11.6 Å². The van der Waals surface area contributed by atoms with Gasteiger partial charge in [-0.3, -0.25) is 0 Å². The van der Waals surface area contributed by atoms with E-state index in [0.29, 0.717) is 5.56 Å². The van der Waals surface area contributed by atoms with Crippen LogP contribution in [0.5, 0.6) is 0 Å². The van der Waals surface area contributed by atoms with Crippen molar-refractivity contribution in [2.75, 3.05) is 0 Å². The van der Waals surface area contributed by atoms with Gasteiger partial charge in [0, 0.05) is 6.54 Å². The summed E-state index contributed by atoms with van der Waals surface area (Å²) in [7, 11) is 0. The molecule has 1 radical (unpaired) electrons. The standard InChI is InChI=1S/C7H6ClFN/c8-6-2-1-5(4-10)3-7(6)9/h2-3H,4,10H2. The first-order valence-corrected chi connectivity index (χ1v) is 3.17. The second kappa shape index (κ2) is 2.99. The van der Waals surface area contributed by atoms with E-state index in [1.165, 1.54) is 12.1 Å². The van der Waals surface area contributed by atoms with E-state index in [-0.39, 0.29) is 11.6 Å². The fraction of sp³-hybridized carbons (Fsp3) is 0.143. The van der Waals surface area contributed by atoms with Gasteiger partial charge < -0.3 is 5.73 Å². The summed E-state index contributed by atoms with van der Waals surface area (Å²) >= 11 is 5.39. The molecule has 0 saturated carbocycles. The summed E-state index contributed by atoms with van der Waals surface area (Å²) in [6.07, 6.45) is 0. The first kappa shape index (κ1) is 7.51. The molecule has 1 nitrogen and oxygen atoms in total. The number of rotatable bonds is 1. The normalized spacial score (nSPS) is 9.90. The largest absolute Gasteiger partial charge is 0.326 e. The predicted octanol–water partition coefficient (Wildman–Crippen LogP) is 1.74. The predicted molar refractivity (Wildman–Crippen MR) is 38.1 cm³/mol. The van der Waals surface area contributed by atoms with Crippen molar-refractivity contribution in [2.24, 2.45) is 5.73 Å². The van der Waals surface area contributed by atoms with Crippen LogP contribution in [0.4, 0.5) is 4.39 Å². The van der Waals surface area contributed by atoms with Crippen molar-refractivity contribution in [1.29, 1.82) is 0 Å². The molecule has 1 aromatic carbocycles. The van der Waals surface area contributed by atoms with Crippen molar-refractivity contribution in [3.63, 3.8) is 0 Å². The van der Waals surface area contributed by atoms with E-state index < -0.39 is 5.82 Å². The highest BCUT2D eigenvalue weighted by molar-refractivity contribution is 6.30. The van der Waals surface area contributed by atoms with Crippen molar-refractivity contribution in [3.8, 4) is 0 Å². The van der Waals surface area contributed by atoms with Gasteiger partial charge in [0.2, 0.25) is 0 Å². The van der Waals surface area contributed by atoms with Crippen LogP contribution in [0.1, 0.15) is 5.56 Å². The van der Waals surface area contributed by atoms with Crippen LogP contribution in [0, 0.1) is 11.9 Å². The number of halogens is 2. The second-order valence-corrected chi connectivity index (χ2v) is 2.27. The van der Waals surface area contributed by atoms with Crippen molar-refractivity contribution in [2.45, 2.75) is 6.54 Å². The lowest BCUT2D eigenvalue weighted by molar-refractivity contribution is 0.626. The zero-order valence-corrected chi connectivity index (χ0v) is 5.95. The fourth-order valence-corrected chi connectivity index (χ4v) is 0.716. The van der Waals surface area contributed by atoms with Gasteiger partial charge in [-0.25, -0.2) is 4.39 Å². The van der Waals surface area contributed by atoms with Crippen LogP contribution in [0.3, 0.4) is 0 Å². The smallest absolute Gasteiger partial charge is 0.142 e. The van der Waals surface area contributed by atoms with Crippen LogP contribution >= 0.6 is 11.6 Å². The maximum Gasteiger partial charge on any atom is 0.142 e. The van der Waals surface area contributed by atoms with E-state index in [9.17, 15) is 4.39 Å². The van der Waals surface area contributed by atoms with Crippen LogP contribution in [0.25, 0.3) is 0 Å². The Hall–Kier alpha value is -0.600. The Bertz CT molecular complexity index is 237. The lowest BCUT2D eigenvalue weighted by Crippen LogP contribution is -1.96. The zero-order chi connectivity index (χ0) is 7.56. The van der Waals surface area contributed by atoms with Crippen LogP contribution in [-0.2, 0) is 6.54 Å². The van der Waals surface area contributed by atoms with E-state index in [1.807, 2.05) is 0 Å². The minimum Gasteiger partial charge on any atom is -0.326 e. The lowest BCUT2D eigenvalue weighted by Gasteiger charge is -1.95. The third-order valence-corrected chi connectivity index (χ3v) is 1.42. The van der Waals surface area contributed by atoms with Crippen molar-refractivity contribution in [1.82, 2.24) is 0 Å². The molecule has 0 aliphatic carbocycles. The summed E-state index contributed by atoms with van der Waals surface area (Å²) < 4.78 is 12.6. The summed E-state index contributed by atoms with van der Waals surface area (Å²) in [5, 5.41) is 0.0807. The van der Waals surface area contributed by atoms with E-state index >= 15 is 0 Å². The van der Waals surface area contributed by atoms with E-state index in [4.69, 9.17) is 17.3 Å². The van der Waals surface area contributed by atoms with E-state index in [2.05, 4.69) is 6.07 Å². The number of hydrogen-bond donors (Lipinski definition) is 1. The molecule has 0 amide bonds. The molecule has 0 saturated heterocycles. The summed E-state index contributed by atoms with van der Waals surface area (Å²) in [5.74, 6) is -0.444. The summed E-state index contributed by atoms with van der Waals surface area (Å²) in [6.45, 7) is 0.286. The molecule has 1 rings (SSSR count). The third kappa shape index (κ3) is 1.46. The Morgan fingerprint density at radius 1 is 1.70 bits per heavy atom. The van der Waals surface area contributed by atoms with Gasteiger partial charge in [0.05, 0.1) is 5.02 Å². The topological polar surface area (TPSA) is 26.0 Å². The maximum atomic E-state index is 12.6. The van der Waals surface area contributed by atoms with Gasteiger partial charge in [0.1, 0.15) is 5.82 Å². The molecular weight excluding hydrogens is 153 g/mol. The van der Waals surface area contributed by atoms with Gasteiger partial charge >= 0.3 is 0 Å². The quantitative estimate of drug-likeness (QED) is 0.662. The minimum atomic E-state index is -0.444. The molecule has 0 aliphatic rings. The average Bonchev–Trinajstić information content (AvgIpc) is 1.95. The molecule has 0 aromatic heterocycles. The summed E-state index contributed by atoms with van der Waals surface area (Å²) in [4.78, 5) is 0. The number of nitrogens with two attached hydrogens (primary N) is 1. The molecule has 1 aromatic rings. The van der Waals surface area contributed by atoms with Crippen LogP contribution < -0.4 is 5.73 Å². The Morgan fingerprint density at radius 2 is 2.40 bits per heavy atom. The number of hydrogen-bond acceptors (Lipinski definition) is 1. The zero-order valence-electron chi connectivity index (χ0n) is 5.20. The Kier molecular flexibility index (Phi) is 2.25. The first-order chi connectivity index (χ1) is 4.74. The second-order valence-electron chi connectivity index (χ2n) is 1.86. The van der Waals surface area contributed by atoms with E-state index in [1.54, 1.807) is 0 Å². The molecule has 0 bridgehead atoms. The molecule has 10 heavy (non-hydrogen) atoms. The highest BCUT2D eigenvalue weighted by atomic mass is 35.5. The lowest BCUT2D eigenvalue weighted by atomic mass is 10.2. The van der Waals surface area contributed by atoms with Gasteiger partial charge in [-0.15, -0.1) is 0 Å². The third-order valence-electron chi connectivity index (χ3n) is 1.13. The van der Waals surface area contributed by atoms with Crippen LogP contribution in [0.2, 0.25) is 5.02 Å². The SMILES string of the molecule is NCc1[c]cc(Cl)c(F)c1. The molecule has 0 aliphatic heterocycles. The van der Waals surface area contributed by atoms with Gasteiger partial charge in [0.25, 0.3) is 0 Å². The van der Waals surface area contributed by atoms with Gasteiger partial charge in [-0.1, -0.05) is 11.6 Å². The Balaban J connectivity index is 3.04. The van der Waals surface area contributed by atoms with Gasteiger partial charge in [-0.2, -0.15) is 0 Å². The molecule has 0 fully saturated rings. The highest BCUT2D eigenvalue weighted by Gasteiger charge is 1.98. The average molecular weight is 159 g/mol. The molecule has 0 spiro atoms. The van der Waals surface area contributed by atoms with Crippen molar-refractivity contribution in [3.05, 3.63) is 34.6 Å². The molecule has 3 heteroatoms. The molecular formula is C7H6ClFN. The Labute approximate surface area is 63.6 Å². The molecule has 0 atom stereocenters. The number of benzene rings is 1. The van der Waals surface area contributed by atoms with Gasteiger partial charge in [0.15, 0.2) is 0 Å². The molecule has 0 heterocycles. The first-order valence-electron chi connectivity index (χ1n) is 2.79. The molecule has 2 N–H and O–H groups in total. The Morgan fingerprint density at radius 3 is 2.90 bits per heavy atom. The van der Waals surface area contributed by atoms with Crippen LogP contribution in [0.15, 0.2) is 12.1 Å². The fourth-order valence-electron chi connectivity index (χ4n) is 0.606. The van der Waals surface area contributed by atoms with Crippen molar-refractivity contribution < 1.29 is 4.39 Å². The summed E-state index contributed by atoms with van der Waals surface area (Å²) in [5.41, 5.74) is 5.85. The van der Waals surface area contributed by atoms with Crippen LogP contribution in [-0.4, -0.2) is 0 Å². The highest BCUT2D eigenvalue weighted by Crippen LogP contribution is 2.14. The van der Waals surface area contributed by atoms with Gasteiger partial charge in [-0.05, 0) is 23.8 Å². The maximum absolute atomic E-state index is 12.6.